The Morgan fingerprint density at radius 1 is 1.04 bits per heavy atom. The van der Waals surface area contributed by atoms with Crippen LogP contribution < -0.4 is 9.47 Å². The van der Waals surface area contributed by atoms with E-state index in [2.05, 4.69) is 21.1 Å². The number of hydrogen-bond donors (Lipinski definition) is 0. The third-order valence-corrected chi connectivity index (χ3v) is 4.87. The van der Waals surface area contributed by atoms with E-state index in [9.17, 15) is 0 Å². The van der Waals surface area contributed by atoms with Crippen molar-refractivity contribution < 1.29 is 9.47 Å². The Hall–Kier alpha value is -2.24. The van der Waals surface area contributed by atoms with Gasteiger partial charge in [-0.25, -0.2) is 0 Å². The second-order valence-corrected chi connectivity index (χ2v) is 6.58. The van der Waals surface area contributed by atoms with E-state index in [-0.39, 0.29) is 0 Å². The molecule has 2 aromatic carbocycles. The Labute approximate surface area is 159 Å². The summed E-state index contributed by atoms with van der Waals surface area (Å²) in [7, 11) is 3.30. The largest absolute Gasteiger partial charge is 0.497 e. The molecule has 26 heavy (non-hydrogen) atoms. The summed E-state index contributed by atoms with van der Waals surface area (Å²) in [6.45, 7) is 4.58. The molecule has 0 spiro atoms. The van der Waals surface area contributed by atoms with Crippen molar-refractivity contribution in [2.75, 3.05) is 40.4 Å². The van der Waals surface area contributed by atoms with Gasteiger partial charge in [-0.2, -0.15) is 5.10 Å². The van der Waals surface area contributed by atoms with Crippen LogP contribution in [-0.2, 0) is 6.54 Å². The first-order valence-corrected chi connectivity index (χ1v) is 9.04. The molecule has 1 aliphatic heterocycles. The fraction of sp³-hybridized carbons (Fsp3) is 0.350. The lowest BCUT2D eigenvalue weighted by molar-refractivity contribution is 0.131. The molecule has 0 aliphatic carbocycles. The van der Waals surface area contributed by atoms with E-state index < -0.39 is 0 Å². The molecule has 5 nitrogen and oxygen atoms in total. The second-order valence-electron chi connectivity index (χ2n) is 6.17. The molecule has 2 aromatic rings. The van der Waals surface area contributed by atoms with Crippen molar-refractivity contribution in [3.8, 4) is 11.5 Å². The van der Waals surface area contributed by atoms with Crippen LogP contribution in [0, 0.1) is 0 Å². The van der Waals surface area contributed by atoms with Gasteiger partial charge in [0.25, 0.3) is 0 Å². The van der Waals surface area contributed by atoms with Gasteiger partial charge in [0.2, 0.25) is 0 Å². The molecule has 0 atom stereocenters. The molecule has 1 fully saturated rings. The van der Waals surface area contributed by atoms with Crippen LogP contribution in [-0.4, -0.2) is 56.5 Å². The summed E-state index contributed by atoms with van der Waals surface area (Å²) in [6, 6.07) is 13.8. The molecule has 0 saturated carbocycles. The normalized spacial score (nSPS) is 15.4. The number of rotatable bonds is 6. The van der Waals surface area contributed by atoms with Gasteiger partial charge in [-0.05, 0) is 23.8 Å². The van der Waals surface area contributed by atoms with Crippen molar-refractivity contribution in [2.45, 2.75) is 6.54 Å². The molecule has 0 aromatic heterocycles. The molecule has 0 unspecified atom stereocenters. The van der Waals surface area contributed by atoms with E-state index in [1.54, 1.807) is 14.2 Å². The standard InChI is InChI=1S/C20H24ClN3O2/c1-25-18-8-7-16(20(13-18)26-2)14-22-24-11-9-23(10-12-24)15-17-5-3-4-6-19(17)21/h3-8,13-14H,9-12,15H2,1-2H3/b22-14-. The van der Waals surface area contributed by atoms with Crippen LogP contribution in [0.1, 0.15) is 11.1 Å². The molecule has 0 radical (unpaired) electrons. The van der Waals surface area contributed by atoms with E-state index in [0.29, 0.717) is 0 Å². The Morgan fingerprint density at radius 3 is 2.50 bits per heavy atom. The van der Waals surface area contributed by atoms with E-state index in [1.807, 2.05) is 42.6 Å². The first kappa shape index (κ1) is 18.5. The molecule has 6 heteroatoms. The number of piperazine rings is 1. The molecule has 1 aliphatic rings. The number of methoxy groups -OCH3 is 2. The molecule has 0 amide bonds. The zero-order valence-corrected chi connectivity index (χ0v) is 15.9. The van der Waals surface area contributed by atoms with Gasteiger partial charge in [0.05, 0.1) is 20.4 Å². The van der Waals surface area contributed by atoms with E-state index in [1.165, 1.54) is 5.56 Å². The minimum absolute atomic E-state index is 0.755. The number of ether oxygens (including phenoxy) is 2. The highest BCUT2D eigenvalue weighted by atomic mass is 35.5. The molecular weight excluding hydrogens is 350 g/mol. The first-order valence-electron chi connectivity index (χ1n) is 8.66. The number of hydrogen-bond acceptors (Lipinski definition) is 5. The minimum Gasteiger partial charge on any atom is -0.497 e. The molecule has 0 N–H and O–H groups in total. The summed E-state index contributed by atoms with van der Waals surface area (Å²) in [6.07, 6.45) is 1.85. The van der Waals surface area contributed by atoms with Crippen LogP contribution >= 0.6 is 11.6 Å². The molecule has 3 rings (SSSR count). The molecule has 1 saturated heterocycles. The molecule has 0 bridgehead atoms. The summed E-state index contributed by atoms with van der Waals surface area (Å²) in [4.78, 5) is 2.40. The first-order chi connectivity index (χ1) is 12.7. The summed E-state index contributed by atoms with van der Waals surface area (Å²) < 4.78 is 10.6. The highest BCUT2D eigenvalue weighted by Crippen LogP contribution is 2.23. The van der Waals surface area contributed by atoms with Gasteiger partial charge in [0.15, 0.2) is 0 Å². The van der Waals surface area contributed by atoms with E-state index in [0.717, 1.165) is 54.8 Å². The Morgan fingerprint density at radius 2 is 1.81 bits per heavy atom. The maximum Gasteiger partial charge on any atom is 0.131 e. The second kappa shape index (κ2) is 8.92. The number of benzene rings is 2. The summed E-state index contributed by atoms with van der Waals surface area (Å²) >= 11 is 6.26. The zero-order valence-electron chi connectivity index (χ0n) is 15.2. The summed E-state index contributed by atoms with van der Waals surface area (Å²) in [5, 5.41) is 7.53. The lowest BCUT2D eigenvalue weighted by Crippen LogP contribution is -2.43. The average Bonchev–Trinajstić information content (AvgIpc) is 2.69. The predicted molar refractivity (Wildman–Crippen MR) is 105 cm³/mol. The van der Waals surface area contributed by atoms with Gasteiger partial charge in [0.1, 0.15) is 11.5 Å². The lowest BCUT2D eigenvalue weighted by Gasteiger charge is -2.33. The summed E-state index contributed by atoms with van der Waals surface area (Å²) in [5.41, 5.74) is 2.11. The molecule has 138 valence electrons. The van der Waals surface area contributed by atoms with Crippen LogP contribution in [0.25, 0.3) is 0 Å². The maximum absolute atomic E-state index is 6.26. The maximum atomic E-state index is 6.26. The van der Waals surface area contributed by atoms with Gasteiger partial charge in [-0.1, -0.05) is 29.8 Å². The highest BCUT2D eigenvalue weighted by molar-refractivity contribution is 6.31. The van der Waals surface area contributed by atoms with Gasteiger partial charge in [-0.3, -0.25) is 9.91 Å². The van der Waals surface area contributed by atoms with E-state index >= 15 is 0 Å². The van der Waals surface area contributed by atoms with E-state index in [4.69, 9.17) is 21.1 Å². The Balaban J connectivity index is 1.55. The average molecular weight is 374 g/mol. The third kappa shape index (κ3) is 4.68. The zero-order chi connectivity index (χ0) is 18.4. The number of halogens is 1. The smallest absolute Gasteiger partial charge is 0.131 e. The van der Waals surface area contributed by atoms with Gasteiger partial charge >= 0.3 is 0 Å². The minimum atomic E-state index is 0.755. The van der Waals surface area contributed by atoms with Crippen molar-refractivity contribution in [2.24, 2.45) is 5.10 Å². The van der Waals surface area contributed by atoms with Crippen molar-refractivity contribution in [3.63, 3.8) is 0 Å². The topological polar surface area (TPSA) is 37.3 Å². The molecule has 1 heterocycles. The van der Waals surface area contributed by atoms with Gasteiger partial charge in [0, 0.05) is 49.4 Å². The third-order valence-electron chi connectivity index (χ3n) is 4.50. The van der Waals surface area contributed by atoms with Gasteiger partial charge in [-0.15, -0.1) is 0 Å². The Kier molecular flexibility index (Phi) is 6.36. The number of hydrazone groups is 1. The van der Waals surface area contributed by atoms with Gasteiger partial charge < -0.3 is 9.47 Å². The summed E-state index contributed by atoms with van der Waals surface area (Å²) in [5.74, 6) is 1.53. The highest BCUT2D eigenvalue weighted by Gasteiger charge is 2.16. The predicted octanol–water partition coefficient (Wildman–Crippen LogP) is 3.51. The lowest BCUT2D eigenvalue weighted by atomic mass is 10.2. The van der Waals surface area contributed by atoms with Crippen molar-refractivity contribution >= 4 is 17.8 Å². The monoisotopic (exact) mass is 373 g/mol. The fourth-order valence-electron chi connectivity index (χ4n) is 2.95. The van der Waals surface area contributed by atoms with Crippen LogP contribution in [0.15, 0.2) is 47.6 Å². The van der Waals surface area contributed by atoms with Crippen molar-refractivity contribution in [1.82, 2.24) is 9.91 Å². The van der Waals surface area contributed by atoms with Crippen molar-refractivity contribution in [3.05, 3.63) is 58.6 Å². The van der Waals surface area contributed by atoms with Crippen LogP contribution in [0.3, 0.4) is 0 Å². The Bertz CT molecular complexity index is 758. The van der Waals surface area contributed by atoms with Crippen LogP contribution in [0.4, 0.5) is 0 Å². The number of nitrogens with zero attached hydrogens (tertiary/aromatic N) is 3. The fourth-order valence-corrected chi connectivity index (χ4v) is 3.14. The van der Waals surface area contributed by atoms with Crippen LogP contribution in [0.5, 0.6) is 11.5 Å². The van der Waals surface area contributed by atoms with Crippen molar-refractivity contribution in [1.29, 1.82) is 0 Å². The SMILES string of the molecule is COc1ccc(/C=N\N2CCN(Cc3ccccc3Cl)CC2)c(OC)c1. The molecular formula is C20H24ClN3O2. The quantitative estimate of drug-likeness (QED) is 0.726. The van der Waals surface area contributed by atoms with Crippen LogP contribution in [0.2, 0.25) is 5.02 Å².